The molecule has 3 unspecified atom stereocenters. The van der Waals surface area contributed by atoms with Gasteiger partial charge in [-0.15, -0.1) is 39.5 Å². The van der Waals surface area contributed by atoms with Crippen LogP contribution >= 0.6 is 0 Å². The molecule has 9 saturated heterocycles. The second-order valence-electron chi connectivity index (χ2n) is 31.9. The molecule has 0 spiro atoms. The topological polar surface area (TPSA) is 94.1 Å². The molecule has 9 fully saturated rings. The molecule has 0 N–H and O–H groups in total. The van der Waals surface area contributed by atoms with Crippen LogP contribution in [0.4, 0.5) is 0 Å². The average Bonchev–Trinajstić information content (AvgIpc) is 0.742. The number of pyridine rings is 3. The number of piperidine rings is 9. The maximum absolute atomic E-state index is 6.91. The van der Waals surface area contributed by atoms with Crippen molar-refractivity contribution in [1.82, 2.24) is 15.0 Å². The monoisotopic (exact) mass is 1440 g/mol. The highest BCUT2D eigenvalue weighted by molar-refractivity contribution is 5.84. The molecule has 0 aliphatic carbocycles. The minimum atomic E-state index is -0.119. The molecule has 6 bridgehead atoms. The molecule has 12 nitrogen and oxygen atoms in total. The van der Waals surface area contributed by atoms with E-state index in [1.165, 1.54) is 52.6 Å². The summed E-state index contributed by atoms with van der Waals surface area (Å²) in [6.07, 6.45) is 24.5. The summed E-state index contributed by atoms with van der Waals surface area (Å²) in [6.45, 7) is 36.9. The molecular weight excluding hydrogens is 1330 g/mol. The first-order valence-corrected chi connectivity index (χ1v) is 39.5. The number of fused-ring (bicyclic) bond motifs is 12. The number of para-hydroxylation sites is 3. The van der Waals surface area contributed by atoms with E-state index in [1.807, 2.05) is 36.8 Å². The molecule has 12 heteroatoms. The minimum absolute atomic E-state index is 0.119. The van der Waals surface area contributed by atoms with E-state index in [0.29, 0.717) is 75.1 Å². The molecule has 9 aliphatic heterocycles. The van der Waals surface area contributed by atoms with Crippen LogP contribution < -0.4 is 14.2 Å². The first-order valence-electron chi connectivity index (χ1n) is 39.5. The highest BCUT2D eigenvalue weighted by Gasteiger charge is 2.58. The Morgan fingerprint density at radius 1 is 0.352 bits per heavy atom. The maximum atomic E-state index is 6.91. The number of benzene rings is 7. The lowest BCUT2D eigenvalue weighted by Gasteiger charge is -2.58. The molecule has 19 rings (SSSR count). The number of rotatable bonds is 33. The zero-order valence-corrected chi connectivity index (χ0v) is 62.7. The third-order valence-electron chi connectivity index (χ3n) is 25.8. The second-order valence-corrected chi connectivity index (χ2v) is 31.9. The number of quaternary nitrogens is 3. The number of hydrogen-bond acceptors (Lipinski definition) is 9. The Morgan fingerprint density at radius 3 is 0.917 bits per heavy atom. The number of aromatic nitrogens is 3. The first kappa shape index (κ1) is 72.6. The Bertz CT molecular complexity index is 4360. The highest BCUT2D eigenvalue weighted by atomic mass is 16.5. The van der Waals surface area contributed by atoms with Gasteiger partial charge < -0.3 is 41.9 Å². The van der Waals surface area contributed by atoms with E-state index in [-0.39, 0.29) is 36.4 Å². The van der Waals surface area contributed by atoms with E-state index in [1.54, 1.807) is 0 Å². The van der Waals surface area contributed by atoms with Crippen LogP contribution in [0.5, 0.6) is 17.2 Å². The van der Waals surface area contributed by atoms with E-state index < -0.39 is 0 Å². The molecule has 108 heavy (non-hydrogen) atoms. The van der Waals surface area contributed by atoms with Crippen LogP contribution in [-0.4, -0.2) is 106 Å². The summed E-state index contributed by atoms with van der Waals surface area (Å²) in [5.74, 6) is 5.53. The van der Waals surface area contributed by atoms with Crippen LogP contribution in [0.3, 0.4) is 0 Å². The van der Waals surface area contributed by atoms with Crippen molar-refractivity contribution in [2.24, 2.45) is 35.5 Å². The van der Waals surface area contributed by atoms with E-state index >= 15 is 0 Å². The van der Waals surface area contributed by atoms with Gasteiger partial charge in [-0.05, 0) is 179 Å². The Labute approximate surface area is 638 Å². The standard InChI is InChI=1S/C96H105N6O6/c1-7-49-103-94(85-37-43-97-88-22-16-13-19-82(85)88)91-55-76-40-46-100(91,61-73(76)10-4)58-67-25-31-79(32-26-67)106-64-70-52-71(65-107-80-33-27-68(28-34-80)59-101-47-41-77(74(11-5)62-101)56-92(101)95(104-50-8-2)86-38-44-98-89-23-17-14-20-83(86)89)54-72(53-70)66-108-81-35-29-69(30-36-81)60-102-48-42-78(75(12-6)63-102)57-93(102)96(105-51-9-3)87-39-45-99-90-24-18-15-21-84(87)90/h7-39,43-45,52-54,73-78,91-96H,1-6,40-42,46-51,55-66H2/q+3/t73-,74-,75-,76-,77-,78-,91+,92+,93+,94-,95-,96-,100?,101?,102?/m0/s1. The lowest BCUT2D eigenvalue weighted by atomic mass is 9.71. The molecule has 3 aromatic heterocycles. The molecule has 7 aromatic carbocycles. The average molecular weight is 1440 g/mol. The van der Waals surface area contributed by atoms with Crippen molar-refractivity contribution >= 4 is 32.7 Å². The van der Waals surface area contributed by atoms with Gasteiger partial charge in [-0.1, -0.05) is 91.1 Å². The predicted molar refractivity (Wildman–Crippen MR) is 432 cm³/mol. The lowest BCUT2D eigenvalue weighted by molar-refractivity contribution is -0.985. The number of ether oxygens (including phenoxy) is 6. The highest BCUT2D eigenvalue weighted by Crippen LogP contribution is 2.53. The van der Waals surface area contributed by atoms with Gasteiger partial charge in [0.25, 0.3) is 0 Å². The molecule has 12 heterocycles. The number of hydrogen-bond donors (Lipinski definition) is 0. The number of nitrogens with zero attached hydrogens (tertiary/aromatic N) is 6. The zero-order chi connectivity index (χ0) is 73.6. The molecule has 15 atom stereocenters. The summed E-state index contributed by atoms with van der Waals surface area (Å²) >= 11 is 0. The van der Waals surface area contributed by atoms with Gasteiger partial charge in [0, 0.05) is 108 Å². The summed E-state index contributed by atoms with van der Waals surface area (Å²) in [5.41, 5.74) is 13.5. The van der Waals surface area contributed by atoms with Gasteiger partial charge in [-0.25, -0.2) is 0 Å². The van der Waals surface area contributed by atoms with Crippen molar-refractivity contribution in [2.45, 2.75) is 114 Å². The van der Waals surface area contributed by atoms with E-state index in [4.69, 9.17) is 43.4 Å². The summed E-state index contributed by atoms with van der Waals surface area (Å²) in [5, 5.41) is 3.45. The van der Waals surface area contributed by atoms with E-state index in [9.17, 15) is 0 Å². The van der Waals surface area contributed by atoms with Gasteiger partial charge >= 0.3 is 0 Å². The summed E-state index contributed by atoms with van der Waals surface area (Å²) in [4.78, 5) is 14.3. The minimum Gasteiger partial charge on any atom is -0.489 e. The van der Waals surface area contributed by atoms with Gasteiger partial charge in [-0.2, -0.15) is 0 Å². The molecular formula is C96H105N6O6+3. The summed E-state index contributed by atoms with van der Waals surface area (Å²) in [6, 6.07) is 65.9. The SMILES string of the molecule is C=CCO[C@@H](c1ccnc2ccccc12)[C@H]1C[C@@H]2CC[N+]1(Cc1ccc(OCc3cc(COc4ccc(C[N+]56CC[C@@H](C[C@@H]5[C@@H](OCC=C)c5ccnc7ccccc57)[C@@H](C=C)C6)cc4)cc(COc4ccc(C[N+]56CC[C@@H](C[C@@H]5[C@@H](OCC=C)c5ccnc7ccccc57)[C@@H](C=C)C6)cc4)c3)cc1)C[C@@H]2C=C. The van der Waals surface area contributed by atoms with E-state index in [2.05, 4.69) is 240 Å². The fourth-order valence-electron chi connectivity index (χ4n) is 20.7. The quantitative estimate of drug-likeness (QED) is 0.0294. The normalized spacial score (nSPS) is 26.3. The largest absolute Gasteiger partial charge is 0.489 e. The first-order chi connectivity index (χ1) is 53.1. The second kappa shape index (κ2) is 32.3. The van der Waals surface area contributed by atoms with Crippen molar-refractivity contribution in [2.75, 3.05) is 59.1 Å². The third kappa shape index (κ3) is 14.9. The van der Waals surface area contributed by atoms with Crippen LogP contribution in [0.15, 0.2) is 277 Å². The van der Waals surface area contributed by atoms with Gasteiger partial charge in [0.15, 0.2) is 0 Å². The molecule has 9 aliphatic rings. The van der Waals surface area contributed by atoms with Crippen LogP contribution in [0, 0.1) is 35.5 Å². The lowest BCUT2D eigenvalue weighted by Crippen LogP contribution is -2.67. The summed E-state index contributed by atoms with van der Waals surface area (Å²) in [7, 11) is 0. The summed E-state index contributed by atoms with van der Waals surface area (Å²) < 4.78 is 43.9. The Balaban J connectivity index is 0.645. The fourth-order valence-corrected chi connectivity index (χ4v) is 20.7. The molecule has 0 amide bonds. The van der Waals surface area contributed by atoms with Crippen molar-refractivity contribution in [1.29, 1.82) is 0 Å². The van der Waals surface area contributed by atoms with Crippen LogP contribution in [0.2, 0.25) is 0 Å². The molecule has 0 radical (unpaired) electrons. The molecule has 10 aromatic rings. The van der Waals surface area contributed by atoms with Crippen molar-refractivity contribution in [3.63, 3.8) is 0 Å². The molecule has 552 valence electrons. The van der Waals surface area contributed by atoms with Gasteiger partial charge in [0.2, 0.25) is 0 Å². The van der Waals surface area contributed by atoms with E-state index in [0.717, 1.165) is 158 Å². The van der Waals surface area contributed by atoms with Gasteiger partial charge in [0.05, 0.1) is 75.6 Å². The predicted octanol–water partition coefficient (Wildman–Crippen LogP) is 19.6. The van der Waals surface area contributed by atoms with Crippen LogP contribution in [-0.2, 0) is 53.7 Å². The van der Waals surface area contributed by atoms with Crippen LogP contribution in [0.25, 0.3) is 32.7 Å². The van der Waals surface area contributed by atoms with Crippen molar-refractivity contribution in [3.8, 4) is 17.2 Å². The van der Waals surface area contributed by atoms with Gasteiger partial charge in [-0.3, -0.25) is 15.0 Å². The maximum Gasteiger partial charge on any atom is 0.135 e. The van der Waals surface area contributed by atoms with Crippen molar-refractivity contribution in [3.05, 3.63) is 327 Å². The fraction of sp³-hybridized carbons (Fsp3) is 0.344. The smallest absolute Gasteiger partial charge is 0.135 e. The molecule has 0 saturated carbocycles. The van der Waals surface area contributed by atoms with Crippen LogP contribution in [0.1, 0.15) is 107 Å². The zero-order valence-electron chi connectivity index (χ0n) is 62.7. The van der Waals surface area contributed by atoms with Gasteiger partial charge in [0.1, 0.15) is 93.1 Å². The Morgan fingerprint density at radius 2 is 0.639 bits per heavy atom. The third-order valence-corrected chi connectivity index (χ3v) is 25.8. The van der Waals surface area contributed by atoms with Crippen molar-refractivity contribution < 1.29 is 41.9 Å². The Kier molecular flexibility index (Phi) is 21.7. The Hall–Kier alpha value is -9.63.